The summed E-state index contributed by atoms with van der Waals surface area (Å²) < 4.78 is 1.83. The molecule has 2 aromatic carbocycles. The van der Waals surface area contributed by atoms with E-state index in [9.17, 15) is 9.59 Å². The van der Waals surface area contributed by atoms with Gasteiger partial charge in [-0.1, -0.05) is 61.9 Å². The number of carbonyl (C=O) groups is 1. The summed E-state index contributed by atoms with van der Waals surface area (Å²) in [7, 11) is 0. The van der Waals surface area contributed by atoms with E-state index < -0.39 is 0 Å². The van der Waals surface area contributed by atoms with Gasteiger partial charge in [0, 0.05) is 30.3 Å². The lowest BCUT2D eigenvalue weighted by Crippen LogP contribution is -2.31. The number of aromatic amines is 1. The number of benzene rings is 2. The molecule has 2 N–H and O–H groups in total. The second kappa shape index (κ2) is 10.7. The number of amides is 1. The molecule has 8 heteroatoms. The van der Waals surface area contributed by atoms with E-state index in [1.54, 1.807) is 0 Å². The zero-order chi connectivity index (χ0) is 23.9. The SMILES string of the molecule is CCCCc1ccc(CNC(C)=O)c(=O)n1Cc1ccc(-c2ccccc2-c2nn[nH]n2)cc1. The Kier molecular flexibility index (Phi) is 7.27. The molecule has 0 radical (unpaired) electrons. The van der Waals surface area contributed by atoms with Gasteiger partial charge >= 0.3 is 0 Å². The summed E-state index contributed by atoms with van der Waals surface area (Å²) in [6.07, 6.45) is 2.90. The number of nitrogens with zero attached hydrogens (tertiary/aromatic N) is 4. The fraction of sp³-hybridized carbons (Fsp3) is 0.269. The molecule has 0 unspecified atom stereocenters. The first-order chi connectivity index (χ1) is 16.6. The largest absolute Gasteiger partial charge is 0.352 e. The van der Waals surface area contributed by atoms with E-state index in [0.29, 0.717) is 17.9 Å². The molecule has 8 nitrogen and oxygen atoms in total. The Morgan fingerprint density at radius 3 is 2.47 bits per heavy atom. The molecule has 34 heavy (non-hydrogen) atoms. The van der Waals surface area contributed by atoms with Crippen molar-refractivity contribution in [1.29, 1.82) is 0 Å². The van der Waals surface area contributed by atoms with E-state index in [1.165, 1.54) is 6.92 Å². The molecular weight excluding hydrogens is 428 g/mol. The quantitative estimate of drug-likeness (QED) is 0.399. The fourth-order valence-corrected chi connectivity index (χ4v) is 3.94. The van der Waals surface area contributed by atoms with Gasteiger partial charge in [0.25, 0.3) is 5.56 Å². The summed E-state index contributed by atoms with van der Waals surface area (Å²) in [6.45, 7) is 4.29. The molecule has 0 aliphatic rings. The number of carbonyl (C=O) groups excluding carboxylic acids is 1. The Morgan fingerprint density at radius 1 is 1.03 bits per heavy atom. The van der Waals surface area contributed by atoms with E-state index in [4.69, 9.17) is 0 Å². The first kappa shape index (κ1) is 23.1. The highest BCUT2D eigenvalue weighted by molar-refractivity contribution is 5.80. The summed E-state index contributed by atoms with van der Waals surface area (Å²) in [5, 5.41) is 17.1. The molecule has 0 saturated carbocycles. The monoisotopic (exact) mass is 456 g/mol. The van der Waals surface area contributed by atoms with Crippen molar-refractivity contribution in [3.63, 3.8) is 0 Å². The molecule has 1 amide bonds. The first-order valence-corrected chi connectivity index (χ1v) is 11.4. The Labute approximate surface area is 198 Å². The van der Waals surface area contributed by atoms with Gasteiger partial charge in [-0.15, -0.1) is 10.2 Å². The maximum atomic E-state index is 13.2. The minimum atomic E-state index is -0.155. The molecule has 174 valence electrons. The van der Waals surface area contributed by atoms with Crippen LogP contribution in [0.5, 0.6) is 0 Å². The number of hydrogen-bond acceptors (Lipinski definition) is 5. The smallest absolute Gasteiger partial charge is 0.256 e. The van der Waals surface area contributed by atoms with Crippen LogP contribution in [0.25, 0.3) is 22.5 Å². The van der Waals surface area contributed by atoms with Crippen LogP contribution in [0.3, 0.4) is 0 Å². The zero-order valence-corrected chi connectivity index (χ0v) is 19.4. The predicted octanol–water partition coefficient (Wildman–Crippen LogP) is 3.72. The van der Waals surface area contributed by atoms with Crippen molar-refractivity contribution in [2.75, 3.05) is 0 Å². The number of aromatic nitrogens is 5. The van der Waals surface area contributed by atoms with Gasteiger partial charge in [0.15, 0.2) is 0 Å². The summed E-state index contributed by atoms with van der Waals surface area (Å²) in [4.78, 5) is 24.6. The maximum absolute atomic E-state index is 13.2. The fourth-order valence-electron chi connectivity index (χ4n) is 3.94. The number of hydrogen-bond donors (Lipinski definition) is 2. The lowest BCUT2D eigenvalue weighted by atomic mass is 9.98. The van der Waals surface area contributed by atoms with E-state index in [0.717, 1.165) is 47.2 Å². The Hall–Kier alpha value is -4.07. The van der Waals surface area contributed by atoms with Crippen molar-refractivity contribution in [2.24, 2.45) is 0 Å². The minimum Gasteiger partial charge on any atom is -0.352 e. The van der Waals surface area contributed by atoms with Gasteiger partial charge in [0.1, 0.15) is 0 Å². The van der Waals surface area contributed by atoms with Gasteiger partial charge in [-0.05, 0) is 46.9 Å². The van der Waals surface area contributed by atoms with Gasteiger partial charge in [0.05, 0.1) is 6.54 Å². The van der Waals surface area contributed by atoms with E-state index in [-0.39, 0.29) is 18.0 Å². The molecule has 2 heterocycles. The van der Waals surface area contributed by atoms with Crippen LogP contribution in [0.4, 0.5) is 0 Å². The summed E-state index contributed by atoms with van der Waals surface area (Å²) in [6, 6.07) is 19.9. The molecule has 4 rings (SSSR count). The normalized spacial score (nSPS) is 10.9. The molecule has 0 bridgehead atoms. The van der Waals surface area contributed by atoms with Crippen LogP contribution < -0.4 is 10.9 Å². The lowest BCUT2D eigenvalue weighted by Gasteiger charge is -2.15. The van der Waals surface area contributed by atoms with Crippen LogP contribution in [0.2, 0.25) is 0 Å². The molecule has 2 aromatic heterocycles. The van der Waals surface area contributed by atoms with Crippen LogP contribution in [-0.2, 0) is 24.3 Å². The number of H-pyrrole nitrogens is 1. The van der Waals surface area contributed by atoms with E-state index >= 15 is 0 Å². The van der Waals surface area contributed by atoms with Gasteiger partial charge < -0.3 is 9.88 Å². The van der Waals surface area contributed by atoms with Crippen molar-refractivity contribution in [3.05, 3.63) is 87.8 Å². The predicted molar refractivity (Wildman–Crippen MR) is 131 cm³/mol. The van der Waals surface area contributed by atoms with E-state index in [2.05, 4.69) is 32.9 Å². The van der Waals surface area contributed by atoms with Gasteiger partial charge in [0.2, 0.25) is 11.7 Å². The highest BCUT2D eigenvalue weighted by atomic mass is 16.1. The molecular formula is C26H28N6O2. The lowest BCUT2D eigenvalue weighted by molar-refractivity contribution is -0.119. The zero-order valence-electron chi connectivity index (χ0n) is 19.4. The number of nitrogens with one attached hydrogen (secondary N) is 2. The molecule has 0 saturated heterocycles. The molecule has 0 atom stereocenters. The van der Waals surface area contributed by atoms with Crippen LogP contribution in [0.1, 0.15) is 43.5 Å². The average molecular weight is 457 g/mol. The third kappa shape index (κ3) is 5.28. The summed E-state index contributed by atoms with van der Waals surface area (Å²) >= 11 is 0. The highest BCUT2D eigenvalue weighted by Gasteiger charge is 2.12. The van der Waals surface area contributed by atoms with E-state index in [1.807, 2.05) is 65.2 Å². The van der Waals surface area contributed by atoms with Crippen LogP contribution in [-0.4, -0.2) is 31.1 Å². The number of rotatable bonds is 9. The van der Waals surface area contributed by atoms with Crippen molar-refractivity contribution >= 4 is 5.91 Å². The van der Waals surface area contributed by atoms with Crippen molar-refractivity contribution < 1.29 is 4.79 Å². The summed E-state index contributed by atoms with van der Waals surface area (Å²) in [5.41, 5.74) is 5.49. The Bertz CT molecular complexity index is 1310. The number of tetrazole rings is 1. The number of aryl methyl sites for hydroxylation is 1. The van der Waals surface area contributed by atoms with Crippen molar-refractivity contribution in [2.45, 2.75) is 46.2 Å². The van der Waals surface area contributed by atoms with Crippen molar-refractivity contribution in [1.82, 2.24) is 30.5 Å². The third-order valence-corrected chi connectivity index (χ3v) is 5.78. The molecule has 0 fully saturated rings. The molecule has 0 aliphatic heterocycles. The van der Waals surface area contributed by atoms with Gasteiger partial charge in [-0.3, -0.25) is 9.59 Å². The third-order valence-electron chi connectivity index (χ3n) is 5.78. The number of pyridine rings is 1. The highest BCUT2D eigenvalue weighted by Crippen LogP contribution is 2.29. The van der Waals surface area contributed by atoms with Crippen molar-refractivity contribution in [3.8, 4) is 22.5 Å². The second-order valence-electron chi connectivity index (χ2n) is 8.23. The Morgan fingerprint density at radius 2 is 1.79 bits per heavy atom. The molecule has 4 aromatic rings. The molecule has 0 spiro atoms. The van der Waals surface area contributed by atoms with Gasteiger partial charge in [-0.25, -0.2) is 0 Å². The number of unbranched alkanes of at least 4 members (excludes halogenated alkanes) is 1. The maximum Gasteiger partial charge on any atom is 0.256 e. The topological polar surface area (TPSA) is 106 Å². The standard InChI is InChI=1S/C26H28N6O2/c1-3-4-7-22-15-14-21(16-27-18(2)33)26(34)32(22)17-19-10-12-20(13-11-19)23-8-5-6-9-24(23)25-28-30-31-29-25/h5-6,8-15H,3-4,7,16-17H2,1-2H3,(H,27,33)(H,28,29,30,31). The average Bonchev–Trinajstić information content (AvgIpc) is 3.39. The Balaban J connectivity index is 1.63. The van der Waals surface area contributed by atoms with Crippen LogP contribution in [0, 0.1) is 0 Å². The van der Waals surface area contributed by atoms with Crippen LogP contribution >= 0.6 is 0 Å². The van der Waals surface area contributed by atoms with Gasteiger partial charge in [-0.2, -0.15) is 5.21 Å². The minimum absolute atomic E-state index is 0.0612. The summed E-state index contributed by atoms with van der Waals surface area (Å²) in [5.74, 6) is 0.389. The first-order valence-electron chi connectivity index (χ1n) is 11.4. The molecule has 0 aliphatic carbocycles. The van der Waals surface area contributed by atoms with Crippen LogP contribution in [0.15, 0.2) is 65.5 Å². The second-order valence-corrected chi connectivity index (χ2v) is 8.23.